The summed E-state index contributed by atoms with van der Waals surface area (Å²) >= 11 is 0. The van der Waals surface area contributed by atoms with Crippen LogP contribution in [0.15, 0.2) is 78.9 Å². The van der Waals surface area contributed by atoms with Crippen molar-refractivity contribution in [3.8, 4) is 0 Å². The van der Waals surface area contributed by atoms with Gasteiger partial charge in [-0.1, -0.05) is 60.2 Å². The molecule has 0 spiro atoms. The Hall–Kier alpha value is -3.92. The number of rotatable bonds is 4. The lowest BCUT2D eigenvalue weighted by molar-refractivity contribution is 0.0529. The van der Waals surface area contributed by atoms with Gasteiger partial charge in [0, 0.05) is 5.56 Å². The van der Waals surface area contributed by atoms with Gasteiger partial charge < -0.3 is 9.14 Å². The SMILES string of the molecule is CCOC(=O)c1cc(C(=O)c2cccc3ccccc23)n2c1ccc1cc(C)ccc12. The van der Waals surface area contributed by atoms with Gasteiger partial charge in [0.25, 0.3) is 0 Å². The fraction of sp³-hybridized carbons (Fsp3) is 0.111. The number of carbonyl (C=O) groups excluding carboxylic acids is 2. The summed E-state index contributed by atoms with van der Waals surface area (Å²) in [6.07, 6.45) is 0. The first-order chi connectivity index (χ1) is 15.1. The minimum Gasteiger partial charge on any atom is -0.462 e. The highest BCUT2D eigenvalue weighted by Crippen LogP contribution is 2.29. The highest BCUT2D eigenvalue weighted by molar-refractivity contribution is 6.18. The molecule has 0 saturated carbocycles. The zero-order valence-corrected chi connectivity index (χ0v) is 17.4. The summed E-state index contributed by atoms with van der Waals surface area (Å²) < 4.78 is 7.15. The zero-order valence-electron chi connectivity index (χ0n) is 17.4. The smallest absolute Gasteiger partial charge is 0.340 e. The van der Waals surface area contributed by atoms with E-state index in [4.69, 9.17) is 4.74 Å². The maximum absolute atomic E-state index is 13.8. The molecule has 2 aromatic heterocycles. The van der Waals surface area contributed by atoms with Crippen molar-refractivity contribution < 1.29 is 14.3 Å². The molecule has 0 aliphatic carbocycles. The summed E-state index contributed by atoms with van der Waals surface area (Å²) in [5.74, 6) is -0.557. The van der Waals surface area contributed by atoms with E-state index in [9.17, 15) is 9.59 Å². The third-order valence-electron chi connectivity index (χ3n) is 5.65. The number of nitrogens with zero attached hydrogens (tertiary/aromatic N) is 1. The number of fused-ring (bicyclic) bond motifs is 4. The first-order valence-corrected chi connectivity index (χ1v) is 10.3. The molecule has 152 valence electrons. The maximum Gasteiger partial charge on any atom is 0.340 e. The molecule has 5 rings (SSSR count). The standard InChI is InChI=1S/C27H21NO3/c1-3-31-27(30)22-16-25(26(29)21-10-6-8-18-7-4-5-9-20(18)21)28-23-13-11-17(2)15-19(23)12-14-24(22)28/h4-16H,3H2,1-2H3. The largest absolute Gasteiger partial charge is 0.462 e. The van der Waals surface area contributed by atoms with E-state index in [2.05, 4.69) is 6.07 Å². The van der Waals surface area contributed by atoms with Crippen molar-refractivity contribution in [2.75, 3.05) is 6.61 Å². The van der Waals surface area contributed by atoms with Gasteiger partial charge in [-0.2, -0.15) is 0 Å². The molecule has 0 radical (unpaired) electrons. The van der Waals surface area contributed by atoms with Crippen molar-refractivity contribution in [1.29, 1.82) is 0 Å². The molecule has 0 amide bonds. The number of hydrogen-bond donors (Lipinski definition) is 0. The molecule has 0 saturated heterocycles. The Morgan fingerprint density at radius 3 is 2.42 bits per heavy atom. The number of ketones is 1. The second-order valence-corrected chi connectivity index (χ2v) is 7.64. The van der Waals surface area contributed by atoms with Gasteiger partial charge in [0.1, 0.15) is 0 Å². The first-order valence-electron chi connectivity index (χ1n) is 10.3. The molecular weight excluding hydrogens is 386 g/mol. The van der Waals surface area contributed by atoms with Gasteiger partial charge >= 0.3 is 5.97 Å². The van der Waals surface area contributed by atoms with Crippen molar-refractivity contribution in [3.63, 3.8) is 0 Å². The summed E-state index contributed by atoms with van der Waals surface area (Å²) in [5, 5.41) is 2.89. The fourth-order valence-corrected chi connectivity index (χ4v) is 4.23. The summed E-state index contributed by atoms with van der Waals surface area (Å²) in [5.41, 5.74) is 4.13. The molecule has 2 heterocycles. The number of esters is 1. The summed E-state index contributed by atoms with van der Waals surface area (Å²) in [6.45, 7) is 4.08. The molecule has 0 atom stereocenters. The van der Waals surface area contributed by atoms with Crippen molar-refractivity contribution in [1.82, 2.24) is 4.40 Å². The van der Waals surface area contributed by atoms with E-state index in [0.717, 1.165) is 27.2 Å². The van der Waals surface area contributed by atoms with E-state index >= 15 is 0 Å². The van der Waals surface area contributed by atoms with Crippen LogP contribution >= 0.6 is 0 Å². The van der Waals surface area contributed by atoms with Gasteiger partial charge in [0.05, 0.1) is 28.9 Å². The predicted molar refractivity (Wildman–Crippen MR) is 123 cm³/mol. The average Bonchev–Trinajstić information content (AvgIpc) is 3.18. The Morgan fingerprint density at radius 1 is 0.806 bits per heavy atom. The van der Waals surface area contributed by atoms with Crippen LogP contribution in [0.3, 0.4) is 0 Å². The fourth-order valence-electron chi connectivity index (χ4n) is 4.23. The van der Waals surface area contributed by atoms with E-state index in [1.807, 2.05) is 78.1 Å². The number of carbonyl (C=O) groups is 2. The summed E-state index contributed by atoms with van der Waals surface area (Å²) in [7, 11) is 0. The molecule has 0 N–H and O–H groups in total. The van der Waals surface area contributed by atoms with Gasteiger partial charge in [-0.25, -0.2) is 4.79 Å². The Morgan fingerprint density at radius 2 is 1.58 bits per heavy atom. The van der Waals surface area contributed by atoms with Crippen LogP contribution < -0.4 is 0 Å². The van der Waals surface area contributed by atoms with Gasteiger partial charge in [0.15, 0.2) is 0 Å². The van der Waals surface area contributed by atoms with E-state index < -0.39 is 5.97 Å². The Kier molecular flexibility index (Phi) is 4.55. The zero-order chi connectivity index (χ0) is 21.5. The van der Waals surface area contributed by atoms with Gasteiger partial charge in [-0.05, 0) is 54.3 Å². The Balaban J connectivity index is 1.83. The molecule has 0 fully saturated rings. The number of benzene rings is 3. The van der Waals surface area contributed by atoms with Gasteiger partial charge in [0.2, 0.25) is 5.78 Å². The quantitative estimate of drug-likeness (QED) is 0.273. The van der Waals surface area contributed by atoms with Gasteiger partial charge in [-0.15, -0.1) is 0 Å². The van der Waals surface area contributed by atoms with Crippen LogP contribution in [-0.4, -0.2) is 22.8 Å². The lowest BCUT2D eigenvalue weighted by Crippen LogP contribution is -2.06. The Labute approximate surface area is 179 Å². The number of pyridine rings is 1. The second kappa shape index (κ2) is 7.40. The molecule has 31 heavy (non-hydrogen) atoms. The first kappa shape index (κ1) is 19.1. The lowest BCUT2D eigenvalue weighted by Gasteiger charge is -2.10. The highest BCUT2D eigenvalue weighted by Gasteiger charge is 2.23. The third kappa shape index (κ3) is 3.08. The molecule has 3 aromatic carbocycles. The monoisotopic (exact) mass is 407 g/mol. The molecular formula is C27H21NO3. The normalized spacial score (nSPS) is 11.3. The molecule has 0 unspecified atom stereocenters. The van der Waals surface area contributed by atoms with E-state index in [-0.39, 0.29) is 12.4 Å². The number of aryl methyl sites for hydroxylation is 1. The van der Waals surface area contributed by atoms with Crippen molar-refractivity contribution in [2.24, 2.45) is 0 Å². The molecule has 5 aromatic rings. The van der Waals surface area contributed by atoms with E-state index in [1.165, 1.54) is 0 Å². The van der Waals surface area contributed by atoms with Crippen LogP contribution in [0.1, 0.15) is 38.9 Å². The van der Waals surface area contributed by atoms with Crippen LogP contribution in [0.25, 0.3) is 27.2 Å². The highest BCUT2D eigenvalue weighted by atomic mass is 16.5. The molecule has 0 bridgehead atoms. The van der Waals surface area contributed by atoms with Crippen LogP contribution in [0.5, 0.6) is 0 Å². The van der Waals surface area contributed by atoms with E-state index in [0.29, 0.717) is 22.3 Å². The predicted octanol–water partition coefficient (Wildman–Crippen LogP) is 5.96. The lowest BCUT2D eigenvalue weighted by atomic mass is 10.00. The van der Waals surface area contributed by atoms with Crippen LogP contribution in [0, 0.1) is 6.92 Å². The average molecular weight is 407 g/mol. The Bertz CT molecular complexity index is 1490. The minimum absolute atomic E-state index is 0.129. The molecule has 0 aliphatic rings. The third-order valence-corrected chi connectivity index (χ3v) is 5.65. The van der Waals surface area contributed by atoms with Crippen molar-refractivity contribution >= 4 is 38.9 Å². The maximum atomic E-state index is 13.8. The molecule has 0 aliphatic heterocycles. The molecule has 4 nitrogen and oxygen atoms in total. The topological polar surface area (TPSA) is 47.8 Å². The number of ether oxygens (including phenoxy) is 1. The van der Waals surface area contributed by atoms with Gasteiger partial charge in [-0.3, -0.25) is 4.79 Å². The number of hydrogen-bond acceptors (Lipinski definition) is 3. The van der Waals surface area contributed by atoms with Crippen molar-refractivity contribution in [2.45, 2.75) is 13.8 Å². The van der Waals surface area contributed by atoms with E-state index in [1.54, 1.807) is 13.0 Å². The summed E-state index contributed by atoms with van der Waals surface area (Å²) in [6, 6.07) is 25.1. The number of aromatic nitrogens is 1. The molecule has 4 heteroatoms. The minimum atomic E-state index is -0.427. The van der Waals surface area contributed by atoms with Crippen molar-refractivity contribution in [3.05, 3.63) is 101 Å². The summed E-state index contributed by atoms with van der Waals surface area (Å²) in [4.78, 5) is 26.5. The second-order valence-electron chi connectivity index (χ2n) is 7.64. The van der Waals surface area contributed by atoms with Crippen LogP contribution in [-0.2, 0) is 4.74 Å². The van der Waals surface area contributed by atoms with Crippen LogP contribution in [0.4, 0.5) is 0 Å². The van der Waals surface area contributed by atoms with Crippen LogP contribution in [0.2, 0.25) is 0 Å².